The first-order chi connectivity index (χ1) is 7.77. The van der Waals surface area contributed by atoms with Gasteiger partial charge in [0.25, 0.3) is 0 Å². The molecule has 88 valence electrons. The van der Waals surface area contributed by atoms with Gasteiger partial charge >= 0.3 is 0 Å². The molecule has 2 N–H and O–H groups in total. The average Bonchev–Trinajstić information content (AvgIpc) is 2.83. The predicted octanol–water partition coefficient (Wildman–Crippen LogP) is 0.957. The van der Waals surface area contributed by atoms with Gasteiger partial charge in [-0.15, -0.1) is 10.2 Å². The van der Waals surface area contributed by atoms with Gasteiger partial charge in [0.2, 0.25) is 5.91 Å². The van der Waals surface area contributed by atoms with E-state index in [1.54, 1.807) is 0 Å². The van der Waals surface area contributed by atoms with Crippen molar-refractivity contribution in [3.8, 4) is 0 Å². The molecule has 0 radical (unpaired) electrons. The maximum Gasteiger partial charge on any atom is 0.223 e. The summed E-state index contributed by atoms with van der Waals surface area (Å²) in [6.45, 7) is 1.87. The highest BCUT2D eigenvalue weighted by Gasteiger charge is 2.23. The normalized spacial score (nSPS) is 19.3. The summed E-state index contributed by atoms with van der Waals surface area (Å²) < 4.78 is 0. The molecule has 1 atom stereocenters. The van der Waals surface area contributed by atoms with Crippen LogP contribution in [0.15, 0.2) is 0 Å². The Kier molecular flexibility index (Phi) is 3.48. The van der Waals surface area contributed by atoms with Crippen LogP contribution in [0.3, 0.4) is 0 Å². The highest BCUT2D eigenvalue weighted by Crippen LogP contribution is 2.24. The number of nitrogens with one attached hydrogen (secondary N) is 2. The number of carbonyl (C=O) groups is 1. The van der Waals surface area contributed by atoms with Gasteiger partial charge in [0.15, 0.2) is 5.82 Å². The van der Waals surface area contributed by atoms with E-state index < -0.39 is 0 Å². The van der Waals surface area contributed by atoms with Gasteiger partial charge in [-0.3, -0.25) is 4.79 Å². The van der Waals surface area contributed by atoms with E-state index in [-0.39, 0.29) is 17.9 Å². The predicted molar refractivity (Wildman–Crippen MR) is 57.3 cm³/mol. The van der Waals surface area contributed by atoms with Gasteiger partial charge in [0, 0.05) is 5.92 Å². The molecule has 6 heteroatoms. The molecule has 1 heterocycles. The largest absolute Gasteiger partial charge is 0.346 e. The SMILES string of the molecule is CC(NC(=O)C1CCCCC1)c1nn[nH]n1. The van der Waals surface area contributed by atoms with Crippen LogP contribution in [-0.2, 0) is 4.79 Å². The molecule has 2 rings (SSSR count). The topological polar surface area (TPSA) is 83.6 Å². The number of hydrogen-bond donors (Lipinski definition) is 2. The van der Waals surface area contributed by atoms with Gasteiger partial charge in [-0.05, 0) is 19.8 Å². The van der Waals surface area contributed by atoms with Gasteiger partial charge in [-0.25, -0.2) is 0 Å². The van der Waals surface area contributed by atoms with Crippen LogP contribution >= 0.6 is 0 Å². The fourth-order valence-electron chi connectivity index (χ4n) is 2.11. The first-order valence-electron chi connectivity index (χ1n) is 5.81. The molecule has 1 aliphatic carbocycles. The summed E-state index contributed by atoms with van der Waals surface area (Å²) in [6, 6.07) is -0.173. The number of rotatable bonds is 3. The number of H-pyrrole nitrogens is 1. The first-order valence-corrected chi connectivity index (χ1v) is 5.81. The molecular formula is C10H17N5O. The molecule has 0 spiro atoms. The van der Waals surface area contributed by atoms with E-state index in [1.807, 2.05) is 6.92 Å². The van der Waals surface area contributed by atoms with Gasteiger partial charge < -0.3 is 5.32 Å². The van der Waals surface area contributed by atoms with Crippen LogP contribution in [0.4, 0.5) is 0 Å². The maximum absolute atomic E-state index is 11.9. The van der Waals surface area contributed by atoms with E-state index in [2.05, 4.69) is 25.9 Å². The van der Waals surface area contributed by atoms with Gasteiger partial charge in [-0.2, -0.15) is 5.21 Å². The number of aromatic nitrogens is 4. The zero-order valence-electron chi connectivity index (χ0n) is 9.44. The second kappa shape index (κ2) is 5.05. The summed E-state index contributed by atoms with van der Waals surface area (Å²) in [4.78, 5) is 11.9. The fourth-order valence-corrected chi connectivity index (χ4v) is 2.11. The minimum Gasteiger partial charge on any atom is -0.346 e. The minimum atomic E-state index is -0.173. The van der Waals surface area contributed by atoms with Crippen molar-refractivity contribution in [3.63, 3.8) is 0 Å². The Hall–Kier alpha value is -1.46. The van der Waals surface area contributed by atoms with Crippen LogP contribution in [0.5, 0.6) is 0 Å². The molecule has 6 nitrogen and oxygen atoms in total. The average molecular weight is 223 g/mol. The van der Waals surface area contributed by atoms with Crippen molar-refractivity contribution >= 4 is 5.91 Å². The lowest BCUT2D eigenvalue weighted by molar-refractivity contribution is -0.126. The fraction of sp³-hybridized carbons (Fsp3) is 0.800. The third-order valence-electron chi connectivity index (χ3n) is 3.08. The van der Waals surface area contributed by atoms with Gasteiger partial charge in [0.1, 0.15) is 0 Å². The Morgan fingerprint density at radius 3 is 2.81 bits per heavy atom. The summed E-state index contributed by atoms with van der Waals surface area (Å²) in [7, 11) is 0. The second-order valence-electron chi connectivity index (χ2n) is 4.34. The molecule has 0 saturated heterocycles. The molecule has 1 aromatic rings. The molecular weight excluding hydrogens is 206 g/mol. The van der Waals surface area contributed by atoms with Crippen LogP contribution in [0.1, 0.15) is 50.9 Å². The smallest absolute Gasteiger partial charge is 0.223 e. The lowest BCUT2D eigenvalue weighted by Crippen LogP contribution is -2.34. The number of aromatic amines is 1. The summed E-state index contributed by atoms with van der Waals surface area (Å²) >= 11 is 0. The van der Waals surface area contributed by atoms with Gasteiger partial charge in [0.05, 0.1) is 6.04 Å². The van der Waals surface area contributed by atoms with E-state index >= 15 is 0 Å². The van der Waals surface area contributed by atoms with Crippen molar-refractivity contribution in [1.82, 2.24) is 25.9 Å². The standard InChI is InChI=1S/C10H17N5O/c1-7(9-12-14-15-13-9)11-10(16)8-5-3-2-4-6-8/h7-8H,2-6H2,1H3,(H,11,16)(H,12,13,14,15). The van der Waals surface area contributed by atoms with Crippen LogP contribution < -0.4 is 5.32 Å². The Labute approximate surface area is 94.2 Å². The molecule has 1 aromatic heterocycles. The third kappa shape index (κ3) is 2.56. The third-order valence-corrected chi connectivity index (χ3v) is 3.08. The van der Waals surface area contributed by atoms with Crippen molar-refractivity contribution < 1.29 is 4.79 Å². The van der Waals surface area contributed by atoms with Crippen LogP contribution in [0.2, 0.25) is 0 Å². The molecule has 0 aromatic carbocycles. The monoisotopic (exact) mass is 223 g/mol. The number of carbonyl (C=O) groups excluding carboxylic acids is 1. The van der Waals surface area contributed by atoms with E-state index in [9.17, 15) is 4.79 Å². The number of amides is 1. The van der Waals surface area contributed by atoms with Crippen LogP contribution in [-0.4, -0.2) is 26.5 Å². The zero-order valence-corrected chi connectivity index (χ0v) is 9.44. The molecule has 0 aliphatic heterocycles. The Morgan fingerprint density at radius 2 is 2.19 bits per heavy atom. The lowest BCUT2D eigenvalue weighted by atomic mass is 9.88. The number of hydrogen-bond acceptors (Lipinski definition) is 4. The Bertz CT molecular complexity index is 331. The molecule has 1 saturated carbocycles. The quantitative estimate of drug-likeness (QED) is 0.799. The minimum absolute atomic E-state index is 0.122. The number of nitrogens with zero attached hydrogens (tertiary/aromatic N) is 3. The Balaban J connectivity index is 1.86. The van der Waals surface area contributed by atoms with Crippen molar-refractivity contribution in [2.45, 2.75) is 45.1 Å². The van der Waals surface area contributed by atoms with E-state index in [0.29, 0.717) is 5.82 Å². The lowest BCUT2D eigenvalue weighted by Gasteiger charge is -2.22. The summed E-state index contributed by atoms with van der Waals surface area (Å²) in [5.74, 6) is 0.823. The second-order valence-corrected chi connectivity index (χ2v) is 4.34. The summed E-state index contributed by atoms with van der Waals surface area (Å²) in [5, 5.41) is 16.5. The van der Waals surface area contributed by atoms with Gasteiger partial charge in [-0.1, -0.05) is 24.5 Å². The van der Waals surface area contributed by atoms with E-state index in [1.165, 1.54) is 6.42 Å². The van der Waals surface area contributed by atoms with Crippen molar-refractivity contribution in [2.24, 2.45) is 5.92 Å². The molecule has 0 bridgehead atoms. The van der Waals surface area contributed by atoms with Crippen molar-refractivity contribution in [2.75, 3.05) is 0 Å². The highest BCUT2D eigenvalue weighted by molar-refractivity contribution is 5.79. The summed E-state index contributed by atoms with van der Waals surface area (Å²) in [6.07, 6.45) is 5.59. The Morgan fingerprint density at radius 1 is 1.44 bits per heavy atom. The maximum atomic E-state index is 11.9. The molecule has 1 aliphatic rings. The van der Waals surface area contributed by atoms with E-state index in [4.69, 9.17) is 0 Å². The highest BCUT2D eigenvalue weighted by atomic mass is 16.1. The molecule has 16 heavy (non-hydrogen) atoms. The first kappa shape index (κ1) is 11.0. The van der Waals surface area contributed by atoms with E-state index in [0.717, 1.165) is 25.7 Å². The molecule has 1 unspecified atom stereocenters. The molecule has 1 amide bonds. The van der Waals surface area contributed by atoms with Crippen LogP contribution in [0, 0.1) is 5.92 Å². The number of tetrazole rings is 1. The molecule has 1 fully saturated rings. The zero-order chi connectivity index (χ0) is 11.4. The van der Waals surface area contributed by atoms with Crippen molar-refractivity contribution in [1.29, 1.82) is 0 Å². The van der Waals surface area contributed by atoms with Crippen molar-refractivity contribution in [3.05, 3.63) is 5.82 Å². The van der Waals surface area contributed by atoms with Crippen LogP contribution in [0.25, 0.3) is 0 Å². The summed E-state index contributed by atoms with van der Waals surface area (Å²) in [5.41, 5.74) is 0.